The number of primary amides is 1. The summed E-state index contributed by atoms with van der Waals surface area (Å²) in [7, 11) is 0. The lowest BCUT2D eigenvalue weighted by molar-refractivity contribution is -0.143. The van der Waals surface area contributed by atoms with Gasteiger partial charge in [0.05, 0.1) is 12.8 Å². The number of hydrogen-bond donors (Lipinski definition) is 4. The van der Waals surface area contributed by atoms with Gasteiger partial charge in [-0.2, -0.15) is 0 Å². The number of nitrogens with two attached hydrogens (primary N) is 2. The zero-order valence-corrected chi connectivity index (χ0v) is 10.1. The summed E-state index contributed by atoms with van der Waals surface area (Å²) in [4.78, 5) is 33.2. The fourth-order valence-electron chi connectivity index (χ4n) is 1.54. The van der Waals surface area contributed by atoms with Crippen LogP contribution in [0.25, 0.3) is 0 Å². The van der Waals surface area contributed by atoms with Crippen LogP contribution in [0.15, 0.2) is 24.3 Å². The summed E-state index contributed by atoms with van der Waals surface area (Å²) in [6.45, 7) is 0. The van der Waals surface area contributed by atoms with Crippen molar-refractivity contribution in [2.75, 3.05) is 5.73 Å². The Bertz CT molecular complexity index is 502. The molecule has 19 heavy (non-hydrogen) atoms. The van der Waals surface area contributed by atoms with E-state index in [0.29, 0.717) is 11.3 Å². The number of benzene rings is 1. The molecule has 7 heteroatoms. The van der Waals surface area contributed by atoms with E-state index in [1.165, 1.54) is 0 Å². The van der Waals surface area contributed by atoms with Gasteiger partial charge in [-0.05, 0) is 17.7 Å². The molecule has 0 spiro atoms. The van der Waals surface area contributed by atoms with Crippen LogP contribution in [-0.2, 0) is 20.8 Å². The molecule has 0 aliphatic rings. The van der Waals surface area contributed by atoms with Crippen molar-refractivity contribution in [3.63, 3.8) is 0 Å². The molecule has 1 aromatic rings. The van der Waals surface area contributed by atoms with Gasteiger partial charge in [0.25, 0.3) is 0 Å². The summed E-state index contributed by atoms with van der Waals surface area (Å²) >= 11 is 0. The van der Waals surface area contributed by atoms with Crippen molar-refractivity contribution in [1.82, 2.24) is 5.32 Å². The van der Waals surface area contributed by atoms with Crippen LogP contribution in [0.1, 0.15) is 12.0 Å². The molecular weight excluding hydrogens is 250 g/mol. The first-order valence-electron chi connectivity index (χ1n) is 5.53. The molecule has 0 bridgehead atoms. The van der Waals surface area contributed by atoms with Gasteiger partial charge in [-0.15, -0.1) is 0 Å². The van der Waals surface area contributed by atoms with Crippen molar-refractivity contribution < 1.29 is 19.5 Å². The molecule has 0 heterocycles. The molecule has 0 aliphatic heterocycles. The Labute approximate surface area is 109 Å². The second-order valence-corrected chi connectivity index (χ2v) is 4.05. The zero-order valence-electron chi connectivity index (χ0n) is 10.1. The Morgan fingerprint density at radius 3 is 2.53 bits per heavy atom. The van der Waals surface area contributed by atoms with Crippen LogP contribution in [-0.4, -0.2) is 28.9 Å². The summed E-state index contributed by atoms with van der Waals surface area (Å²) < 4.78 is 0. The maximum Gasteiger partial charge on any atom is 0.326 e. The van der Waals surface area contributed by atoms with Gasteiger partial charge in [0.1, 0.15) is 6.04 Å². The highest BCUT2D eigenvalue weighted by atomic mass is 16.4. The van der Waals surface area contributed by atoms with E-state index in [9.17, 15) is 14.4 Å². The molecule has 7 nitrogen and oxygen atoms in total. The summed E-state index contributed by atoms with van der Waals surface area (Å²) in [6.07, 6.45) is -0.467. The molecule has 2 amide bonds. The highest BCUT2D eigenvalue weighted by Crippen LogP contribution is 2.07. The maximum atomic E-state index is 11.7. The molecule has 0 radical (unpaired) electrons. The normalized spacial score (nSPS) is 11.6. The number of carboxylic acid groups (broad SMARTS) is 1. The molecule has 1 rings (SSSR count). The number of hydrogen-bond acceptors (Lipinski definition) is 4. The predicted molar refractivity (Wildman–Crippen MR) is 67.9 cm³/mol. The minimum Gasteiger partial charge on any atom is -0.480 e. The van der Waals surface area contributed by atoms with Crippen LogP contribution < -0.4 is 16.8 Å². The Kier molecular flexibility index (Phi) is 4.87. The highest BCUT2D eigenvalue weighted by molar-refractivity contribution is 5.88. The van der Waals surface area contributed by atoms with E-state index in [4.69, 9.17) is 16.6 Å². The van der Waals surface area contributed by atoms with E-state index in [0.717, 1.165) is 0 Å². The van der Waals surface area contributed by atoms with Crippen molar-refractivity contribution in [2.24, 2.45) is 5.73 Å². The van der Waals surface area contributed by atoms with Crippen molar-refractivity contribution in [2.45, 2.75) is 18.9 Å². The molecule has 1 aromatic carbocycles. The van der Waals surface area contributed by atoms with Gasteiger partial charge in [-0.3, -0.25) is 9.59 Å². The van der Waals surface area contributed by atoms with E-state index >= 15 is 0 Å². The third kappa shape index (κ3) is 5.07. The highest BCUT2D eigenvalue weighted by Gasteiger charge is 2.21. The molecule has 102 valence electrons. The van der Waals surface area contributed by atoms with E-state index < -0.39 is 30.2 Å². The first-order chi connectivity index (χ1) is 8.88. The smallest absolute Gasteiger partial charge is 0.326 e. The summed E-state index contributed by atoms with van der Waals surface area (Å²) in [5, 5.41) is 11.1. The Morgan fingerprint density at radius 1 is 1.32 bits per heavy atom. The molecule has 0 saturated heterocycles. The minimum absolute atomic E-state index is 0.0203. The number of nitrogens with one attached hydrogen (secondary N) is 1. The number of carbonyl (C=O) groups is 3. The Hall–Kier alpha value is -2.57. The van der Waals surface area contributed by atoms with Crippen LogP contribution in [0.3, 0.4) is 0 Å². The molecule has 6 N–H and O–H groups in total. The van der Waals surface area contributed by atoms with Gasteiger partial charge in [-0.1, -0.05) is 12.1 Å². The number of rotatable bonds is 6. The van der Waals surface area contributed by atoms with Gasteiger partial charge in [0, 0.05) is 5.69 Å². The lowest BCUT2D eigenvalue weighted by Gasteiger charge is -2.12. The monoisotopic (exact) mass is 265 g/mol. The second kappa shape index (κ2) is 6.39. The average molecular weight is 265 g/mol. The standard InChI is InChI=1S/C12H15N3O4/c13-8-3-1-2-7(4-8)5-11(17)15-9(12(18)19)6-10(14)16/h1-4,9H,5-6,13H2,(H2,14,16)(H,15,17)(H,18,19). The van der Waals surface area contributed by atoms with Crippen molar-refractivity contribution >= 4 is 23.5 Å². The first-order valence-corrected chi connectivity index (χ1v) is 5.53. The lowest BCUT2D eigenvalue weighted by atomic mass is 10.1. The van der Waals surface area contributed by atoms with Crippen LogP contribution >= 0.6 is 0 Å². The van der Waals surface area contributed by atoms with Gasteiger partial charge >= 0.3 is 5.97 Å². The van der Waals surface area contributed by atoms with Crippen molar-refractivity contribution in [3.05, 3.63) is 29.8 Å². The van der Waals surface area contributed by atoms with Gasteiger partial charge in [0.15, 0.2) is 0 Å². The topological polar surface area (TPSA) is 136 Å². The van der Waals surface area contributed by atoms with Crippen LogP contribution in [0.5, 0.6) is 0 Å². The van der Waals surface area contributed by atoms with Crippen molar-refractivity contribution in [1.29, 1.82) is 0 Å². The molecule has 0 aromatic heterocycles. The van der Waals surface area contributed by atoms with Gasteiger partial charge in [-0.25, -0.2) is 4.79 Å². The van der Waals surface area contributed by atoms with Crippen molar-refractivity contribution in [3.8, 4) is 0 Å². The number of nitrogen functional groups attached to an aromatic ring is 1. The maximum absolute atomic E-state index is 11.7. The number of anilines is 1. The molecule has 0 fully saturated rings. The summed E-state index contributed by atoms with van der Waals surface area (Å²) in [5.74, 6) is -2.62. The van der Waals surface area contributed by atoms with E-state index in [-0.39, 0.29) is 6.42 Å². The number of carbonyl (C=O) groups excluding carboxylic acids is 2. The third-order valence-corrected chi connectivity index (χ3v) is 2.35. The molecule has 1 atom stereocenters. The SMILES string of the molecule is NC(=O)CC(NC(=O)Cc1cccc(N)c1)C(=O)O. The largest absolute Gasteiger partial charge is 0.480 e. The second-order valence-electron chi connectivity index (χ2n) is 4.05. The fraction of sp³-hybridized carbons (Fsp3) is 0.250. The molecule has 1 unspecified atom stereocenters. The van der Waals surface area contributed by atoms with Gasteiger partial charge < -0.3 is 21.9 Å². The number of aliphatic carboxylic acids is 1. The van der Waals surface area contributed by atoms with E-state index in [1.54, 1.807) is 24.3 Å². The fourth-order valence-corrected chi connectivity index (χ4v) is 1.54. The number of carboxylic acids is 1. The summed E-state index contributed by atoms with van der Waals surface area (Å²) in [6, 6.07) is 5.36. The average Bonchev–Trinajstić information content (AvgIpc) is 2.27. The molecule has 0 saturated carbocycles. The Balaban J connectivity index is 2.62. The minimum atomic E-state index is -1.31. The first kappa shape index (κ1) is 14.5. The zero-order chi connectivity index (χ0) is 14.4. The molecular formula is C12H15N3O4. The quantitative estimate of drug-likeness (QED) is 0.502. The van der Waals surface area contributed by atoms with Crippen LogP contribution in [0, 0.1) is 0 Å². The summed E-state index contributed by atoms with van der Waals surface area (Å²) in [5.41, 5.74) is 11.6. The van der Waals surface area contributed by atoms with E-state index in [2.05, 4.69) is 5.32 Å². The van der Waals surface area contributed by atoms with E-state index in [1.807, 2.05) is 0 Å². The van der Waals surface area contributed by atoms with Crippen LogP contribution in [0.4, 0.5) is 5.69 Å². The molecule has 0 aliphatic carbocycles. The third-order valence-electron chi connectivity index (χ3n) is 2.35. The van der Waals surface area contributed by atoms with Gasteiger partial charge in [0.2, 0.25) is 11.8 Å². The lowest BCUT2D eigenvalue weighted by Crippen LogP contribution is -2.43. The van der Waals surface area contributed by atoms with Crippen LogP contribution in [0.2, 0.25) is 0 Å². The Morgan fingerprint density at radius 2 is 2.00 bits per heavy atom. The predicted octanol–water partition coefficient (Wildman–Crippen LogP) is -0.744. The number of amides is 2.